The summed E-state index contributed by atoms with van der Waals surface area (Å²) in [5, 5.41) is 19.2. The minimum Gasteiger partial charge on any atom is -0.396 e. The second kappa shape index (κ2) is 8.32. The highest BCUT2D eigenvalue weighted by Gasteiger charge is 2.51. The highest BCUT2D eigenvalue weighted by Crippen LogP contribution is 2.45. The number of nitrogens with zero attached hydrogens (tertiary/aromatic N) is 3. The Bertz CT molecular complexity index is 879. The summed E-state index contributed by atoms with van der Waals surface area (Å²) in [7, 11) is 0. The topological polar surface area (TPSA) is 76.8 Å². The third kappa shape index (κ3) is 4.11. The fraction of sp³-hybridized carbons (Fsp3) is 0.636. The van der Waals surface area contributed by atoms with Gasteiger partial charge >= 0.3 is 6.18 Å². The van der Waals surface area contributed by atoms with Gasteiger partial charge in [0.15, 0.2) is 0 Å². The van der Waals surface area contributed by atoms with Crippen molar-refractivity contribution in [1.82, 2.24) is 4.90 Å². The molecule has 3 aliphatic heterocycles. The van der Waals surface area contributed by atoms with Crippen LogP contribution in [0.4, 0.5) is 18.9 Å². The standard InChI is InChI=1S/C22H26F3N3O3/c23-22(24,25)19-9-18(2-1-16(19)10-26)27-6-5-21(14-29)13-28(12-17(21)11-27)20(30)15-3-7-31-8-4-15/h1-2,9,15,17,29H,3-8,11-14H2/t17-,21+/m1/s1. The molecule has 2 atom stereocenters. The number of fused-ring (bicyclic) bond motifs is 1. The average molecular weight is 437 g/mol. The minimum atomic E-state index is -4.61. The van der Waals surface area contributed by atoms with E-state index in [1.54, 1.807) is 12.1 Å². The maximum atomic E-state index is 13.4. The van der Waals surface area contributed by atoms with Gasteiger partial charge < -0.3 is 19.6 Å². The van der Waals surface area contributed by atoms with E-state index in [2.05, 4.69) is 0 Å². The number of halogens is 3. The molecule has 168 valence electrons. The summed E-state index contributed by atoms with van der Waals surface area (Å²) in [6, 6.07) is 5.39. The average Bonchev–Trinajstić information content (AvgIpc) is 3.17. The van der Waals surface area contributed by atoms with E-state index in [1.807, 2.05) is 9.80 Å². The molecule has 31 heavy (non-hydrogen) atoms. The Morgan fingerprint density at radius 3 is 2.68 bits per heavy atom. The van der Waals surface area contributed by atoms with E-state index in [-0.39, 0.29) is 24.3 Å². The molecule has 1 aromatic rings. The van der Waals surface area contributed by atoms with Gasteiger partial charge in [0.25, 0.3) is 0 Å². The lowest BCUT2D eigenvalue weighted by Crippen LogP contribution is -2.49. The second-order valence-corrected chi connectivity index (χ2v) is 8.86. The fourth-order valence-corrected chi connectivity index (χ4v) is 5.21. The summed E-state index contributed by atoms with van der Waals surface area (Å²) in [4.78, 5) is 16.7. The number of amides is 1. The van der Waals surface area contributed by atoms with Crippen LogP contribution < -0.4 is 4.90 Å². The SMILES string of the molecule is N#Cc1ccc(N2CC[C@@]3(CO)CN(C(=O)C4CCOCC4)C[C@H]3C2)cc1C(F)(F)F. The highest BCUT2D eigenvalue weighted by atomic mass is 19.4. The third-order valence-corrected chi connectivity index (χ3v) is 7.12. The molecule has 1 aromatic carbocycles. The Balaban J connectivity index is 1.52. The molecule has 3 heterocycles. The van der Waals surface area contributed by atoms with Crippen molar-refractivity contribution in [3.63, 3.8) is 0 Å². The number of benzene rings is 1. The molecule has 1 N–H and O–H groups in total. The number of nitriles is 1. The maximum Gasteiger partial charge on any atom is 0.417 e. The first kappa shape index (κ1) is 21.9. The second-order valence-electron chi connectivity index (χ2n) is 8.86. The van der Waals surface area contributed by atoms with Crippen LogP contribution in [-0.4, -0.2) is 61.9 Å². The lowest BCUT2D eigenvalue weighted by Gasteiger charge is -2.43. The molecule has 0 saturated carbocycles. The highest BCUT2D eigenvalue weighted by molar-refractivity contribution is 5.79. The van der Waals surface area contributed by atoms with Gasteiger partial charge in [-0.3, -0.25) is 4.79 Å². The summed E-state index contributed by atoms with van der Waals surface area (Å²) in [6.07, 6.45) is -2.62. The number of anilines is 1. The van der Waals surface area contributed by atoms with Crippen LogP contribution in [0.2, 0.25) is 0 Å². The van der Waals surface area contributed by atoms with Gasteiger partial charge in [0.1, 0.15) is 0 Å². The van der Waals surface area contributed by atoms with Crippen LogP contribution >= 0.6 is 0 Å². The van der Waals surface area contributed by atoms with Crippen LogP contribution in [-0.2, 0) is 15.7 Å². The quantitative estimate of drug-likeness (QED) is 0.787. The number of hydrogen-bond acceptors (Lipinski definition) is 5. The van der Waals surface area contributed by atoms with E-state index < -0.39 is 22.7 Å². The third-order valence-electron chi connectivity index (χ3n) is 7.12. The molecule has 0 bridgehead atoms. The van der Waals surface area contributed by atoms with E-state index in [9.17, 15) is 23.1 Å². The summed E-state index contributed by atoms with van der Waals surface area (Å²) in [5.74, 6) is 0.00319. The molecule has 6 nitrogen and oxygen atoms in total. The van der Waals surface area contributed by atoms with Crippen molar-refractivity contribution in [2.24, 2.45) is 17.3 Å². The lowest BCUT2D eigenvalue weighted by atomic mass is 9.73. The first-order valence-electron chi connectivity index (χ1n) is 10.6. The normalized spacial score (nSPS) is 27.1. The Morgan fingerprint density at radius 1 is 1.29 bits per heavy atom. The van der Waals surface area contributed by atoms with Gasteiger partial charge in [0.05, 0.1) is 23.8 Å². The van der Waals surface area contributed by atoms with Crippen molar-refractivity contribution >= 4 is 11.6 Å². The van der Waals surface area contributed by atoms with Crippen molar-refractivity contribution in [1.29, 1.82) is 5.26 Å². The van der Waals surface area contributed by atoms with Crippen LogP contribution in [0.15, 0.2) is 18.2 Å². The number of piperidine rings is 1. The molecule has 3 aliphatic rings. The number of aliphatic hydroxyl groups is 1. The van der Waals surface area contributed by atoms with Gasteiger partial charge in [-0.15, -0.1) is 0 Å². The fourth-order valence-electron chi connectivity index (χ4n) is 5.21. The van der Waals surface area contributed by atoms with Crippen LogP contribution in [0.25, 0.3) is 0 Å². The molecular formula is C22H26F3N3O3. The smallest absolute Gasteiger partial charge is 0.396 e. The number of ether oxygens (including phenoxy) is 1. The van der Waals surface area contributed by atoms with Gasteiger partial charge in [-0.05, 0) is 37.5 Å². The van der Waals surface area contributed by atoms with Gasteiger partial charge in [0, 0.05) is 62.3 Å². The summed E-state index contributed by atoms with van der Waals surface area (Å²) < 4.78 is 45.5. The first-order chi connectivity index (χ1) is 14.8. The van der Waals surface area contributed by atoms with Crippen LogP contribution in [0, 0.1) is 28.6 Å². The Morgan fingerprint density at radius 2 is 2.03 bits per heavy atom. The molecule has 3 saturated heterocycles. The number of rotatable bonds is 3. The monoisotopic (exact) mass is 437 g/mol. The maximum absolute atomic E-state index is 13.4. The lowest BCUT2D eigenvalue weighted by molar-refractivity contribution is -0.138. The van der Waals surface area contributed by atoms with Crippen LogP contribution in [0.1, 0.15) is 30.4 Å². The molecule has 0 spiro atoms. The Hall–Kier alpha value is -2.31. The molecule has 0 aliphatic carbocycles. The van der Waals surface area contributed by atoms with E-state index in [0.717, 1.165) is 6.07 Å². The zero-order valence-corrected chi connectivity index (χ0v) is 17.2. The summed E-state index contributed by atoms with van der Waals surface area (Å²) >= 11 is 0. The van der Waals surface area contributed by atoms with Crippen molar-refractivity contribution in [3.05, 3.63) is 29.3 Å². The van der Waals surface area contributed by atoms with E-state index in [0.29, 0.717) is 64.3 Å². The largest absolute Gasteiger partial charge is 0.417 e. The van der Waals surface area contributed by atoms with Gasteiger partial charge in [0.2, 0.25) is 5.91 Å². The van der Waals surface area contributed by atoms with Crippen LogP contribution in [0.5, 0.6) is 0 Å². The molecule has 0 unspecified atom stereocenters. The van der Waals surface area contributed by atoms with Crippen LogP contribution in [0.3, 0.4) is 0 Å². The van der Waals surface area contributed by atoms with Gasteiger partial charge in [-0.2, -0.15) is 18.4 Å². The predicted molar refractivity (Wildman–Crippen MR) is 106 cm³/mol. The number of carbonyl (C=O) groups excluding carboxylic acids is 1. The van der Waals surface area contributed by atoms with E-state index in [4.69, 9.17) is 10.00 Å². The Labute approximate surface area is 179 Å². The van der Waals surface area contributed by atoms with Gasteiger partial charge in [-0.25, -0.2) is 0 Å². The zero-order chi connectivity index (χ0) is 22.2. The number of hydrogen-bond donors (Lipinski definition) is 1. The molecule has 4 rings (SSSR count). The summed E-state index contributed by atoms with van der Waals surface area (Å²) in [5.41, 5.74) is -1.34. The molecule has 3 fully saturated rings. The first-order valence-corrected chi connectivity index (χ1v) is 10.6. The van der Waals surface area contributed by atoms with Gasteiger partial charge in [-0.1, -0.05) is 0 Å². The van der Waals surface area contributed by atoms with Crippen molar-refractivity contribution < 1.29 is 27.8 Å². The van der Waals surface area contributed by atoms with Crippen molar-refractivity contribution in [2.75, 3.05) is 50.9 Å². The molecule has 0 radical (unpaired) electrons. The Kier molecular flexibility index (Phi) is 5.88. The van der Waals surface area contributed by atoms with Crippen molar-refractivity contribution in [2.45, 2.75) is 25.4 Å². The predicted octanol–water partition coefficient (Wildman–Crippen LogP) is 2.65. The summed E-state index contributed by atoms with van der Waals surface area (Å²) in [6.45, 7) is 3.03. The van der Waals surface area contributed by atoms with Crippen molar-refractivity contribution in [3.8, 4) is 6.07 Å². The number of aliphatic hydroxyl groups excluding tert-OH is 1. The number of carbonyl (C=O) groups is 1. The van der Waals surface area contributed by atoms with E-state index >= 15 is 0 Å². The molecule has 9 heteroatoms. The zero-order valence-electron chi connectivity index (χ0n) is 17.2. The number of alkyl halides is 3. The minimum absolute atomic E-state index is 0.0278. The molecule has 1 amide bonds. The number of likely N-dealkylation sites (tertiary alicyclic amines) is 1. The van der Waals surface area contributed by atoms with E-state index in [1.165, 1.54) is 6.07 Å². The molecular weight excluding hydrogens is 411 g/mol. The molecule has 0 aromatic heterocycles.